The molecule has 1 nitrogen and oxygen atoms in total. The fourth-order valence-electron chi connectivity index (χ4n) is 2.20. The topological polar surface area (TPSA) is 20.2 Å². The molecule has 0 amide bonds. The summed E-state index contributed by atoms with van der Waals surface area (Å²) in [6, 6.07) is 13.5. The highest BCUT2D eigenvalue weighted by molar-refractivity contribution is 6.88. The summed E-state index contributed by atoms with van der Waals surface area (Å²) < 4.78 is 0. The molecule has 0 aromatic heterocycles. The van der Waals surface area contributed by atoms with Crippen molar-refractivity contribution in [3.63, 3.8) is 0 Å². The van der Waals surface area contributed by atoms with Gasteiger partial charge in [-0.15, -0.1) is 0 Å². The number of aliphatic hydroxyl groups excluding tert-OH is 1. The summed E-state index contributed by atoms with van der Waals surface area (Å²) in [5.74, 6) is 0. The van der Waals surface area contributed by atoms with E-state index in [9.17, 15) is 0 Å². The highest BCUT2D eigenvalue weighted by atomic mass is 28.3. The van der Waals surface area contributed by atoms with Crippen molar-refractivity contribution in [3.8, 4) is 0 Å². The molecule has 2 heteroatoms. The molecule has 96 valence electrons. The molecule has 0 bridgehead atoms. The largest absolute Gasteiger partial charge is 0.396 e. The first kappa shape index (κ1) is 13.3. The average molecular weight is 258 g/mol. The quantitative estimate of drug-likeness (QED) is 0.834. The van der Waals surface area contributed by atoms with Gasteiger partial charge in [0.15, 0.2) is 0 Å². The van der Waals surface area contributed by atoms with Gasteiger partial charge in [0.25, 0.3) is 0 Å². The third-order valence-corrected chi connectivity index (χ3v) is 5.44. The zero-order valence-corrected chi connectivity index (χ0v) is 12.5. The van der Waals surface area contributed by atoms with E-state index in [4.69, 9.17) is 5.11 Å². The third kappa shape index (κ3) is 3.00. The molecule has 2 aromatic rings. The number of fused-ring (bicyclic) bond motifs is 1. The maximum absolute atomic E-state index is 8.87. The Bertz CT molecular complexity index is 540. The summed E-state index contributed by atoms with van der Waals surface area (Å²) in [5, 5.41) is 13.0. The van der Waals surface area contributed by atoms with Gasteiger partial charge in [0.2, 0.25) is 0 Å². The van der Waals surface area contributed by atoms with Gasteiger partial charge >= 0.3 is 0 Å². The zero-order valence-electron chi connectivity index (χ0n) is 11.5. The Morgan fingerprint density at radius 3 is 2.28 bits per heavy atom. The standard InChI is InChI=1S/C16H22OSi/c1-18(2,3)16-9-8-14-11-13(5-4-10-17)6-7-15(14)12-16/h6-9,11-12,17H,4-5,10H2,1-3H3. The lowest BCUT2D eigenvalue weighted by Crippen LogP contribution is -2.37. The number of aryl methyl sites for hydroxylation is 1. The van der Waals surface area contributed by atoms with Crippen molar-refractivity contribution in [3.05, 3.63) is 42.0 Å². The van der Waals surface area contributed by atoms with Gasteiger partial charge in [0.1, 0.15) is 0 Å². The van der Waals surface area contributed by atoms with Crippen LogP contribution < -0.4 is 5.19 Å². The maximum Gasteiger partial charge on any atom is 0.0776 e. The highest BCUT2D eigenvalue weighted by Gasteiger charge is 2.16. The van der Waals surface area contributed by atoms with Gasteiger partial charge in [0, 0.05) is 6.61 Å². The molecule has 0 aliphatic rings. The van der Waals surface area contributed by atoms with Gasteiger partial charge < -0.3 is 5.11 Å². The predicted molar refractivity (Wildman–Crippen MR) is 82.3 cm³/mol. The number of rotatable bonds is 4. The van der Waals surface area contributed by atoms with Gasteiger partial charge in [-0.2, -0.15) is 0 Å². The minimum atomic E-state index is -1.22. The summed E-state index contributed by atoms with van der Waals surface area (Å²) in [4.78, 5) is 0. The molecule has 0 fully saturated rings. The van der Waals surface area contributed by atoms with Gasteiger partial charge in [-0.25, -0.2) is 0 Å². The van der Waals surface area contributed by atoms with Crippen molar-refractivity contribution in [2.75, 3.05) is 6.61 Å². The first-order valence-electron chi connectivity index (χ1n) is 6.65. The molecule has 0 saturated heterocycles. The minimum absolute atomic E-state index is 0.270. The molecule has 1 N–H and O–H groups in total. The number of hydrogen-bond donors (Lipinski definition) is 1. The molecule has 0 aliphatic carbocycles. The second-order valence-corrected chi connectivity index (χ2v) is 11.1. The zero-order chi connectivity index (χ0) is 13.2. The van der Waals surface area contributed by atoms with E-state index in [0.717, 1.165) is 12.8 Å². The molecular weight excluding hydrogens is 236 g/mol. The molecule has 0 spiro atoms. The van der Waals surface area contributed by atoms with Crippen molar-refractivity contribution < 1.29 is 5.11 Å². The van der Waals surface area contributed by atoms with Gasteiger partial charge in [0.05, 0.1) is 8.07 Å². The monoisotopic (exact) mass is 258 g/mol. The van der Waals surface area contributed by atoms with Crippen LogP contribution in [0.1, 0.15) is 12.0 Å². The fraction of sp³-hybridized carbons (Fsp3) is 0.375. The Hall–Kier alpha value is -1.12. The van der Waals surface area contributed by atoms with Crippen LogP contribution in [-0.4, -0.2) is 19.8 Å². The lowest BCUT2D eigenvalue weighted by Gasteiger charge is -2.17. The van der Waals surface area contributed by atoms with Crippen LogP contribution >= 0.6 is 0 Å². The molecule has 0 heterocycles. The van der Waals surface area contributed by atoms with Crippen LogP contribution in [0, 0.1) is 0 Å². The van der Waals surface area contributed by atoms with Crippen LogP contribution in [0.2, 0.25) is 19.6 Å². The predicted octanol–water partition coefficient (Wildman–Crippen LogP) is 3.31. The molecular formula is C16H22OSi. The van der Waals surface area contributed by atoms with Crippen LogP contribution in [0.25, 0.3) is 10.8 Å². The van der Waals surface area contributed by atoms with Crippen molar-refractivity contribution in [2.24, 2.45) is 0 Å². The molecule has 0 saturated carbocycles. The van der Waals surface area contributed by atoms with Gasteiger partial charge in [-0.1, -0.05) is 61.2 Å². The van der Waals surface area contributed by atoms with E-state index < -0.39 is 8.07 Å². The molecule has 2 rings (SSSR count). The summed E-state index contributed by atoms with van der Waals surface area (Å²) in [6.45, 7) is 7.41. The van der Waals surface area contributed by atoms with Crippen LogP contribution in [0.4, 0.5) is 0 Å². The van der Waals surface area contributed by atoms with Crippen molar-refractivity contribution in [1.29, 1.82) is 0 Å². The Kier molecular flexibility index (Phi) is 3.88. The molecule has 2 aromatic carbocycles. The summed E-state index contributed by atoms with van der Waals surface area (Å²) in [7, 11) is -1.22. The van der Waals surface area contributed by atoms with E-state index in [1.165, 1.54) is 21.5 Å². The number of aliphatic hydroxyl groups is 1. The van der Waals surface area contributed by atoms with Crippen LogP contribution in [0.3, 0.4) is 0 Å². The first-order valence-corrected chi connectivity index (χ1v) is 10.1. The molecule has 0 radical (unpaired) electrons. The summed E-state index contributed by atoms with van der Waals surface area (Å²) in [6.07, 6.45) is 1.81. The van der Waals surface area contributed by atoms with Crippen molar-refractivity contribution >= 4 is 24.0 Å². The number of hydrogen-bond acceptors (Lipinski definition) is 1. The second-order valence-electron chi connectivity index (χ2n) is 5.97. The normalized spacial score (nSPS) is 12.0. The average Bonchev–Trinajstić information content (AvgIpc) is 2.34. The maximum atomic E-state index is 8.87. The Morgan fingerprint density at radius 2 is 1.61 bits per heavy atom. The van der Waals surface area contributed by atoms with Crippen molar-refractivity contribution in [1.82, 2.24) is 0 Å². The second kappa shape index (κ2) is 5.25. The van der Waals surface area contributed by atoms with Crippen LogP contribution in [0.15, 0.2) is 36.4 Å². The molecule has 0 unspecified atom stereocenters. The van der Waals surface area contributed by atoms with E-state index >= 15 is 0 Å². The third-order valence-electron chi connectivity index (χ3n) is 3.39. The Balaban J connectivity index is 2.36. The molecule has 0 atom stereocenters. The summed E-state index contributed by atoms with van der Waals surface area (Å²) >= 11 is 0. The smallest absolute Gasteiger partial charge is 0.0776 e. The molecule has 18 heavy (non-hydrogen) atoms. The number of benzene rings is 2. The van der Waals surface area contributed by atoms with E-state index in [-0.39, 0.29) is 6.61 Å². The van der Waals surface area contributed by atoms with E-state index in [1.807, 2.05) is 0 Å². The molecule has 0 aliphatic heterocycles. The van der Waals surface area contributed by atoms with Gasteiger partial charge in [-0.05, 0) is 29.2 Å². The Morgan fingerprint density at radius 1 is 0.944 bits per heavy atom. The minimum Gasteiger partial charge on any atom is -0.396 e. The van der Waals surface area contributed by atoms with Gasteiger partial charge in [-0.3, -0.25) is 0 Å². The van der Waals surface area contributed by atoms with E-state index in [2.05, 4.69) is 56.0 Å². The van der Waals surface area contributed by atoms with Crippen LogP contribution in [0.5, 0.6) is 0 Å². The SMILES string of the molecule is C[Si](C)(C)c1ccc2cc(CCCO)ccc2c1. The lowest BCUT2D eigenvalue weighted by atomic mass is 10.0. The van der Waals surface area contributed by atoms with Crippen molar-refractivity contribution in [2.45, 2.75) is 32.5 Å². The first-order chi connectivity index (χ1) is 8.50. The lowest BCUT2D eigenvalue weighted by molar-refractivity contribution is 0.288. The van der Waals surface area contributed by atoms with Crippen LogP contribution in [-0.2, 0) is 6.42 Å². The van der Waals surface area contributed by atoms with E-state index in [0.29, 0.717) is 0 Å². The summed E-state index contributed by atoms with van der Waals surface area (Å²) in [5.41, 5.74) is 1.32. The Labute approximate surface area is 110 Å². The fourth-order valence-corrected chi connectivity index (χ4v) is 3.37. The highest BCUT2D eigenvalue weighted by Crippen LogP contribution is 2.17. The van der Waals surface area contributed by atoms with E-state index in [1.54, 1.807) is 0 Å².